The van der Waals surface area contributed by atoms with Gasteiger partial charge in [-0.1, -0.05) is 39.0 Å². The van der Waals surface area contributed by atoms with Crippen molar-refractivity contribution in [3.63, 3.8) is 0 Å². The van der Waals surface area contributed by atoms with E-state index < -0.39 is 5.97 Å². The lowest BCUT2D eigenvalue weighted by molar-refractivity contribution is -0.140. The van der Waals surface area contributed by atoms with Gasteiger partial charge in [-0.05, 0) is 50.4 Å². The van der Waals surface area contributed by atoms with Gasteiger partial charge in [0, 0.05) is 6.04 Å². The number of rotatable bonds is 6. The molecule has 2 aliphatic rings. The molecule has 1 unspecified atom stereocenters. The lowest BCUT2D eigenvalue weighted by Crippen LogP contribution is -2.46. The van der Waals surface area contributed by atoms with Crippen molar-refractivity contribution in [2.24, 2.45) is 5.41 Å². The predicted molar refractivity (Wildman–Crippen MR) is 81.9 cm³/mol. The van der Waals surface area contributed by atoms with E-state index in [9.17, 15) is 9.90 Å². The molecule has 3 nitrogen and oxygen atoms in total. The number of carboxylic acids is 1. The Balaban J connectivity index is 1.78. The maximum atomic E-state index is 11.3. The molecule has 0 aromatic heterocycles. The van der Waals surface area contributed by atoms with Crippen LogP contribution in [0.3, 0.4) is 0 Å². The van der Waals surface area contributed by atoms with Gasteiger partial charge in [0.2, 0.25) is 0 Å². The van der Waals surface area contributed by atoms with Crippen molar-refractivity contribution in [1.82, 2.24) is 5.32 Å². The van der Waals surface area contributed by atoms with Gasteiger partial charge in [-0.3, -0.25) is 4.79 Å². The summed E-state index contributed by atoms with van der Waals surface area (Å²) >= 11 is 0. The number of hydrogen-bond acceptors (Lipinski definition) is 2. The summed E-state index contributed by atoms with van der Waals surface area (Å²) in [6.45, 7) is 2.12. The van der Waals surface area contributed by atoms with E-state index in [1.807, 2.05) is 0 Å². The van der Waals surface area contributed by atoms with E-state index in [2.05, 4.69) is 12.2 Å². The second kappa shape index (κ2) is 7.44. The van der Waals surface area contributed by atoms with Gasteiger partial charge in [0.1, 0.15) is 6.04 Å². The van der Waals surface area contributed by atoms with Crippen molar-refractivity contribution in [3.05, 3.63) is 0 Å². The molecule has 0 saturated heterocycles. The number of carboxylic acid groups (broad SMARTS) is 1. The number of nitrogens with one attached hydrogen (secondary N) is 1. The molecule has 2 rings (SSSR count). The van der Waals surface area contributed by atoms with Crippen molar-refractivity contribution in [3.8, 4) is 0 Å². The van der Waals surface area contributed by atoms with Gasteiger partial charge in [-0.2, -0.15) is 0 Å². The Hall–Kier alpha value is -0.570. The maximum Gasteiger partial charge on any atom is 0.320 e. The summed E-state index contributed by atoms with van der Waals surface area (Å²) in [6, 6.07) is 0.0980. The van der Waals surface area contributed by atoms with E-state index in [0.717, 1.165) is 19.3 Å². The summed E-state index contributed by atoms with van der Waals surface area (Å²) in [5.41, 5.74) is 0.624. The highest BCUT2D eigenvalue weighted by atomic mass is 16.4. The first kappa shape index (κ1) is 15.8. The van der Waals surface area contributed by atoms with E-state index >= 15 is 0 Å². The third-order valence-electron chi connectivity index (χ3n) is 5.54. The monoisotopic (exact) mass is 281 g/mol. The minimum atomic E-state index is -0.670. The van der Waals surface area contributed by atoms with Crippen LogP contribution >= 0.6 is 0 Å². The largest absolute Gasteiger partial charge is 0.480 e. The summed E-state index contributed by atoms with van der Waals surface area (Å²) in [4.78, 5) is 11.3. The molecule has 2 saturated carbocycles. The van der Waals surface area contributed by atoms with Crippen LogP contribution in [-0.2, 0) is 4.79 Å². The third kappa shape index (κ3) is 4.21. The van der Waals surface area contributed by atoms with E-state index in [0.29, 0.717) is 11.5 Å². The molecular weight excluding hydrogens is 250 g/mol. The van der Waals surface area contributed by atoms with Crippen LogP contribution in [0.1, 0.15) is 84.0 Å². The zero-order chi connectivity index (χ0) is 14.4. The van der Waals surface area contributed by atoms with Crippen molar-refractivity contribution in [2.45, 2.75) is 96.1 Å². The second-order valence-electron chi connectivity index (χ2n) is 7.03. The predicted octanol–water partition coefficient (Wildman–Crippen LogP) is 4.11. The first-order chi connectivity index (χ1) is 9.65. The van der Waals surface area contributed by atoms with Gasteiger partial charge in [-0.15, -0.1) is 0 Å². The molecule has 1 spiro atoms. The third-order valence-corrected chi connectivity index (χ3v) is 5.54. The SMILES string of the molecule is CCCCC(NC1CCC2(CCCCC2)CC1)C(=O)O. The summed E-state index contributed by atoms with van der Waals surface area (Å²) in [5, 5.41) is 12.7. The lowest BCUT2D eigenvalue weighted by atomic mass is 9.64. The molecule has 0 heterocycles. The molecule has 2 fully saturated rings. The first-order valence-electron chi connectivity index (χ1n) is 8.64. The molecule has 1 atom stereocenters. The van der Waals surface area contributed by atoms with Gasteiger partial charge in [0.05, 0.1) is 0 Å². The van der Waals surface area contributed by atoms with Gasteiger partial charge in [-0.25, -0.2) is 0 Å². The average Bonchev–Trinajstić information content (AvgIpc) is 2.46. The fourth-order valence-electron chi connectivity index (χ4n) is 4.17. The van der Waals surface area contributed by atoms with Crippen LogP contribution in [0.5, 0.6) is 0 Å². The van der Waals surface area contributed by atoms with E-state index in [-0.39, 0.29) is 6.04 Å². The van der Waals surface area contributed by atoms with Crippen LogP contribution in [0, 0.1) is 5.41 Å². The van der Waals surface area contributed by atoms with Crippen LogP contribution in [0.25, 0.3) is 0 Å². The lowest BCUT2D eigenvalue weighted by Gasteiger charge is -2.43. The van der Waals surface area contributed by atoms with Gasteiger partial charge < -0.3 is 10.4 Å². The van der Waals surface area contributed by atoms with Crippen LogP contribution in [-0.4, -0.2) is 23.2 Å². The minimum Gasteiger partial charge on any atom is -0.480 e. The summed E-state index contributed by atoms with van der Waals surface area (Å²) in [5.74, 6) is -0.670. The fourth-order valence-corrected chi connectivity index (χ4v) is 4.17. The molecule has 0 bridgehead atoms. The van der Waals surface area contributed by atoms with Crippen molar-refractivity contribution >= 4 is 5.97 Å². The normalized spacial score (nSPS) is 24.6. The van der Waals surface area contributed by atoms with Crippen LogP contribution < -0.4 is 5.32 Å². The molecule has 20 heavy (non-hydrogen) atoms. The van der Waals surface area contributed by atoms with Crippen LogP contribution in [0.15, 0.2) is 0 Å². The maximum absolute atomic E-state index is 11.3. The number of aliphatic carboxylic acids is 1. The summed E-state index contributed by atoms with van der Waals surface area (Å²) in [7, 11) is 0. The number of hydrogen-bond donors (Lipinski definition) is 2. The zero-order valence-electron chi connectivity index (χ0n) is 13.0. The molecule has 0 amide bonds. The van der Waals surface area contributed by atoms with E-state index in [1.165, 1.54) is 57.8 Å². The Kier molecular flexibility index (Phi) is 5.88. The summed E-state index contributed by atoms with van der Waals surface area (Å²) in [6.07, 6.45) is 14.9. The Labute approximate surface area is 123 Å². The minimum absolute atomic E-state index is 0.333. The molecule has 0 aliphatic heterocycles. The number of carbonyl (C=O) groups is 1. The molecule has 0 aromatic carbocycles. The second-order valence-corrected chi connectivity index (χ2v) is 7.03. The van der Waals surface area contributed by atoms with E-state index in [4.69, 9.17) is 0 Å². The molecule has 116 valence electrons. The van der Waals surface area contributed by atoms with Crippen LogP contribution in [0.2, 0.25) is 0 Å². The fraction of sp³-hybridized carbons (Fsp3) is 0.941. The molecule has 3 heteroatoms. The zero-order valence-corrected chi connectivity index (χ0v) is 13.0. The quantitative estimate of drug-likeness (QED) is 0.770. The highest BCUT2D eigenvalue weighted by Gasteiger charge is 2.36. The van der Waals surface area contributed by atoms with Crippen molar-refractivity contribution in [2.75, 3.05) is 0 Å². The van der Waals surface area contributed by atoms with E-state index in [1.54, 1.807) is 0 Å². The highest BCUT2D eigenvalue weighted by Crippen LogP contribution is 2.47. The van der Waals surface area contributed by atoms with Gasteiger partial charge in [0.15, 0.2) is 0 Å². The number of unbranched alkanes of at least 4 members (excludes halogenated alkanes) is 1. The van der Waals surface area contributed by atoms with Crippen LogP contribution in [0.4, 0.5) is 0 Å². The Morgan fingerprint density at radius 1 is 1.20 bits per heavy atom. The summed E-state index contributed by atoms with van der Waals surface area (Å²) < 4.78 is 0. The Bertz CT molecular complexity index is 300. The standard InChI is InChI=1S/C17H31NO2/c1-2-3-7-15(16(19)20)18-14-8-12-17(13-9-14)10-5-4-6-11-17/h14-15,18H,2-13H2,1H3,(H,19,20). The molecule has 2 aliphatic carbocycles. The molecule has 0 radical (unpaired) electrons. The topological polar surface area (TPSA) is 49.3 Å². The Morgan fingerprint density at radius 2 is 1.85 bits per heavy atom. The highest BCUT2D eigenvalue weighted by molar-refractivity contribution is 5.73. The average molecular weight is 281 g/mol. The molecular formula is C17H31NO2. The smallest absolute Gasteiger partial charge is 0.320 e. The molecule has 2 N–H and O–H groups in total. The first-order valence-corrected chi connectivity index (χ1v) is 8.64. The van der Waals surface area contributed by atoms with Crippen molar-refractivity contribution in [1.29, 1.82) is 0 Å². The van der Waals surface area contributed by atoms with Crippen molar-refractivity contribution < 1.29 is 9.90 Å². The Morgan fingerprint density at radius 3 is 2.40 bits per heavy atom. The molecule has 0 aromatic rings. The van der Waals surface area contributed by atoms with Gasteiger partial charge in [0.25, 0.3) is 0 Å². The van der Waals surface area contributed by atoms with Gasteiger partial charge >= 0.3 is 5.97 Å².